The molecule has 0 atom stereocenters. The van der Waals surface area contributed by atoms with Crippen molar-refractivity contribution in [3.8, 4) is 0 Å². The Kier molecular flexibility index (Phi) is 8.87. The zero-order chi connectivity index (χ0) is 12.7. The van der Waals surface area contributed by atoms with Crippen molar-refractivity contribution in [3.63, 3.8) is 0 Å². The van der Waals surface area contributed by atoms with Crippen molar-refractivity contribution in [2.75, 3.05) is 19.3 Å². The summed E-state index contributed by atoms with van der Waals surface area (Å²) in [6.07, 6.45) is 7.17. The van der Waals surface area contributed by atoms with Gasteiger partial charge < -0.3 is 11.1 Å². The summed E-state index contributed by atoms with van der Waals surface area (Å²) in [5, 5.41) is 3.17. The van der Waals surface area contributed by atoms with Crippen molar-refractivity contribution in [1.29, 1.82) is 0 Å². The van der Waals surface area contributed by atoms with Gasteiger partial charge in [-0.15, -0.1) is 24.0 Å². The fraction of sp³-hybridized carbons (Fsp3) is 0.900. The molecule has 0 spiro atoms. The molecule has 0 radical (unpaired) electrons. The van der Waals surface area contributed by atoms with E-state index in [1.807, 2.05) is 0 Å². The maximum atomic E-state index is 10.8. The lowest BCUT2D eigenvalue weighted by Crippen LogP contribution is -2.41. The van der Waals surface area contributed by atoms with Gasteiger partial charge in [0, 0.05) is 12.6 Å². The minimum Gasteiger partial charge on any atom is -0.370 e. The molecule has 8 heteroatoms. The Hall–Kier alpha value is -0.0900. The van der Waals surface area contributed by atoms with Gasteiger partial charge in [0.1, 0.15) is 0 Å². The fourth-order valence-corrected chi connectivity index (χ4v) is 2.37. The first-order valence-corrected chi connectivity index (χ1v) is 7.87. The van der Waals surface area contributed by atoms with E-state index < -0.39 is 10.0 Å². The van der Waals surface area contributed by atoms with Gasteiger partial charge in [-0.25, -0.2) is 13.1 Å². The molecule has 1 rings (SSSR count). The van der Waals surface area contributed by atoms with Crippen LogP contribution >= 0.6 is 24.0 Å². The predicted molar refractivity (Wildman–Crippen MR) is 84.8 cm³/mol. The summed E-state index contributed by atoms with van der Waals surface area (Å²) in [5.41, 5.74) is 5.72. The lowest BCUT2D eigenvalue weighted by Gasteiger charge is -2.23. The molecule has 1 fully saturated rings. The molecule has 0 amide bonds. The average molecular weight is 390 g/mol. The number of hydrogen-bond donors (Lipinski definition) is 3. The van der Waals surface area contributed by atoms with Crippen molar-refractivity contribution in [3.05, 3.63) is 0 Å². The van der Waals surface area contributed by atoms with Gasteiger partial charge in [0.25, 0.3) is 0 Å². The largest absolute Gasteiger partial charge is 0.370 e. The van der Waals surface area contributed by atoms with Crippen LogP contribution in [-0.2, 0) is 10.0 Å². The van der Waals surface area contributed by atoms with E-state index in [9.17, 15) is 8.42 Å². The quantitative estimate of drug-likeness (QED) is 0.274. The number of rotatable bonds is 5. The molecule has 1 aliphatic carbocycles. The maximum absolute atomic E-state index is 10.8. The van der Waals surface area contributed by atoms with Crippen LogP contribution in [0.3, 0.4) is 0 Å². The highest BCUT2D eigenvalue weighted by molar-refractivity contribution is 14.0. The Bertz CT molecular complexity index is 353. The van der Waals surface area contributed by atoms with Gasteiger partial charge in [-0.1, -0.05) is 19.3 Å². The summed E-state index contributed by atoms with van der Waals surface area (Å²) in [7, 11) is -3.13. The summed E-state index contributed by atoms with van der Waals surface area (Å²) in [6, 6.07) is 0.426. The second-order valence-electron chi connectivity index (χ2n) is 4.41. The Morgan fingerprint density at radius 1 is 1.33 bits per heavy atom. The van der Waals surface area contributed by atoms with Crippen molar-refractivity contribution in [2.24, 2.45) is 10.7 Å². The summed E-state index contributed by atoms with van der Waals surface area (Å²) in [4.78, 5) is 4.08. The number of nitrogens with zero attached hydrogens (tertiary/aromatic N) is 1. The predicted octanol–water partition coefficient (Wildman–Crippen LogP) is 0.391. The average Bonchev–Trinajstić information content (AvgIpc) is 2.25. The zero-order valence-corrected chi connectivity index (χ0v) is 13.8. The molecule has 108 valence electrons. The summed E-state index contributed by atoms with van der Waals surface area (Å²) >= 11 is 0. The molecule has 0 aromatic carbocycles. The van der Waals surface area contributed by atoms with Crippen LogP contribution < -0.4 is 15.8 Å². The van der Waals surface area contributed by atoms with E-state index in [4.69, 9.17) is 5.73 Å². The van der Waals surface area contributed by atoms with Crippen LogP contribution in [0.2, 0.25) is 0 Å². The molecule has 0 aromatic rings. The fourth-order valence-electron chi connectivity index (χ4n) is 1.91. The first-order chi connectivity index (χ1) is 7.97. The molecule has 0 aliphatic heterocycles. The van der Waals surface area contributed by atoms with Crippen molar-refractivity contribution >= 4 is 40.0 Å². The molecule has 0 saturated heterocycles. The number of guanidine groups is 1. The van der Waals surface area contributed by atoms with Crippen LogP contribution in [0.5, 0.6) is 0 Å². The number of halogens is 1. The monoisotopic (exact) mass is 390 g/mol. The third kappa shape index (κ3) is 8.92. The zero-order valence-electron chi connectivity index (χ0n) is 10.7. The second kappa shape index (κ2) is 8.92. The van der Waals surface area contributed by atoms with Crippen LogP contribution in [0.25, 0.3) is 0 Å². The number of aliphatic imine (C=N–C) groups is 1. The van der Waals surface area contributed by atoms with Gasteiger partial charge in [-0.3, -0.25) is 4.99 Å². The lowest BCUT2D eigenvalue weighted by atomic mass is 9.96. The third-order valence-corrected chi connectivity index (χ3v) is 3.44. The van der Waals surface area contributed by atoms with Crippen LogP contribution in [-0.4, -0.2) is 39.8 Å². The Morgan fingerprint density at radius 3 is 2.50 bits per heavy atom. The molecule has 1 saturated carbocycles. The van der Waals surface area contributed by atoms with Gasteiger partial charge in [0.05, 0.1) is 12.8 Å². The van der Waals surface area contributed by atoms with E-state index in [1.54, 1.807) is 0 Å². The summed E-state index contributed by atoms with van der Waals surface area (Å²) in [6.45, 7) is 0.643. The summed E-state index contributed by atoms with van der Waals surface area (Å²) < 4.78 is 23.9. The molecular weight excluding hydrogens is 367 g/mol. The van der Waals surface area contributed by atoms with Crippen LogP contribution in [0.15, 0.2) is 4.99 Å². The first kappa shape index (κ1) is 17.9. The molecule has 0 aromatic heterocycles. The van der Waals surface area contributed by atoms with E-state index in [0.29, 0.717) is 18.5 Å². The van der Waals surface area contributed by atoms with Gasteiger partial charge in [0.15, 0.2) is 5.96 Å². The Morgan fingerprint density at radius 2 is 1.94 bits per heavy atom. The lowest BCUT2D eigenvalue weighted by molar-refractivity contribution is 0.412. The van der Waals surface area contributed by atoms with E-state index in [0.717, 1.165) is 19.1 Å². The normalized spacial score (nSPS) is 18.2. The highest BCUT2D eigenvalue weighted by Gasteiger charge is 2.13. The maximum Gasteiger partial charge on any atom is 0.208 e. The van der Waals surface area contributed by atoms with Crippen molar-refractivity contribution < 1.29 is 8.42 Å². The minimum atomic E-state index is -3.13. The Balaban J connectivity index is 0.00000289. The van der Waals surface area contributed by atoms with Gasteiger partial charge in [0.2, 0.25) is 10.0 Å². The first-order valence-electron chi connectivity index (χ1n) is 5.98. The van der Waals surface area contributed by atoms with Crippen molar-refractivity contribution in [1.82, 2.24) is 10.0 Å². The second-order valence-corrected chi connectivity index (χ2v) is 6.25. The number of nitrogens with two attached hydrogens (primary N) is 1. The number of hydrogen-bond acceptors (Lipinski definition) is 3. The van der Waals surface area contributed by atoms with Crippen LogP contribution in [0.4, 0.5) is 0 Å². The van der Waals surface area contributed by atoms with E-state index >= 15 is 0 Å². The molecule has 0 unspecified atom stereocenters. The van der Waals surface area contributed by atoms with E-state index in [1.165, 1.54) is 19.3 Å². The van der Waals surface area contributed by atoms with Crippen LogP contribution in [0.1, 0.15) is 32.1 Å². The standard InChI is InChI=1S/C10H22N4O2S.HI/c1-17(15,16)13-8-7-12-10(11)14-9-5-3-2-4-6-9;/h9,13H,2-8H2,1H3,(H3,11,12,14);1H. The van der Waals surface area contributed by atoms with E-state index in [-0.39, 0.29) is 30.5 Å². The molecule has 4 N–H and O–H groups in total. The topological polar surface area (TPSA) is 96.6 Å². The minimum absolute atomic E-state index is 0. The highest BCUT2D eigenvalue weighted by Crippen LogP contribution is 2.16. The van der Waals surface area contributed by atoms with Crippen molar-refractivity contribution in [2.45, 2.75) is 38.1 Å². The van der Waals surface area contributed by atoms with Gasteiger partial charge in [-0.05, 0) is 12.8 Å². The third-order valence-electron chi connectivity index (χ3n) is 2.72. The SMILES string of the molecule is CS(=O)(=O)NCCN=C(N)NC1CCCCC1.I. The Labute approximate surface area is 126 Å². The molecule has 1 aliphatic rings. The van der Waals surface area contributed by atoms with E-state index in [2.05, 4.69) is 15.0 Å². The molecule has 0 bridgehead atoms. The summed E-state index contributed by atoms with van der Waals surface area (Å²) in [5.74, 6) is 0.409. The van der Waals surface area contributed by atoms with Crippen LogP contribution in [0, 0.1) is 0 Å². The highest BCUT2D eigenvalue weighted by atomic mass is 127. The van der Waals surface area contributed by atoms with Gasteiger partial charge >= 0.3 is 0 Å². The molecule has 0 heterocycles. The molecule has 18 heavy (non-hydrogen) atoms. The number of nitrogens with one attached hydrogen (secondary N) is 2. The molecule has 6 nitrogen and oxygen atoms in total. The smallest absolute Gasteiger partial charge is 0.208 e. The molecular formula is C10H23IN4O2S. The number of sulfonamides is 1. The van der Waals surface area contributed by atoms with Gasteiger partial charge in [-0.2, -0.15) is 0 Å².